The summed E-state index contributed by atoms with van der Waals surface area (Å²) in [7, 11) is 0. The van der Waals surface area contributed by atoms with Gasteiger partial charge >= 0.3 is 0 Å². The number of carbonyl (C=O) groups is 1. The number of hydrogen-bond acceptors (Lipinski definition) is 3. The number of benzene rings is 2. The Balaban J connectivity index is 1.55. The number of aromatic amines is 1. The molecule has 2 aromatic heterocycles. The number of rotatable bonds is 2. The van der Waals surface area contributed by atoms with E-state index in [0.717, 1.165) is 52.4 Å². The van der Waals surface area contributed by atoms with Gasteiger partial charge in [0.15, 0.2) is 0 Å². The van der Waals surface area contributed by atoms with E-state index in [9.17, 15) is 9.59 Å². The van der Waals surface area contributed by atoms with E-state index >= 15 is 0 Å². The number of piperidine rings is 1. The van der Waals surface area contributed by atoms with Crippen LogP contribution in [-0.2, 0) is 0 Å². The zero-order valence-electron chi connectivity index (χ0n) is 16.9. The van der Waals surface area contributed by atoms with Crippen molar-refractivity contribution in [3.8, 4) is 11.1 Å². The molecule has 5 heteroatoms. The van der Waals surface area contributed by atoms with Gasteiger partial charge in [-0.15, -0.1) is 0 Å². The Morgan fingerprint density at radius 2 is 2.03 bits per heavy atom. The smallest absolute Gasteiger partial charge is 0.274 e. The van der Waals surface area contributed by atoms with Gasteiger partial charge < -0.3 is 9.88 Å². The Labute approximate surface area is 174 Å². The molecule has 1 N–H and O–H groups in total. The van der Waals surface area contributed by atoms with Gasteiger partial charge in [-0.3, -0.25) is 9.59 Å². The highest BCUT2D eigenvalue weighted by molar-refractivity contribution is 6.03. The van der Waals surface area contributed by atoms with Crippen molar-refractivity contribution in [2.24, 2.45) is 5.92 Å². The Morgan fingerprint density at radius 1 is 1.13 bits per heavy atom. The number of fused-ring (bicyclic) bond motifs is 2. The number of H-pyrrole nitrogens is 1. The van der Waals surface area contributed by atoms with E-state index < -0.39 is 0 Å². The normalized spacial score (nSPS) is 16.8. The van der Waals surface area contributed by atoms with Crippen molar-refractivity contribution in [2.45, 2.75) is 19.8 Å². The number of hydrogen-bond donors (Lipinski definition) is 1. The molecule has 1 aliphatic rings. The first-order valence-electron chi connectivity index (χ1n) is 10.4. The lowest BCUT2D eigenvalue weighted by atomic mass is 9.96. The predicted octanol–water partition coefficient (Wildman–Crippen LogP) is 4.62. The summed E-state index contributed by atoms with van der Waals surface area (Å²) in [6.45, 7) is 3.87. The SMILES string of the molecule is C[C@H]1CCCN(C(=O)c2ccc3c(-c4cnc5c(=O)[nH]ccc5c4)cccc3c2)C1. The van der Waals surface area contributed by atoms with E-state index in [0.29, 0.717) is 11.4 Å². The van der Waals surface area contributed by atoms with Crippen LogP contribution >= 0.6 is 0 Å². The van der Waals surface area contributed by atoms with Crippen LogP contribution in [0.3, 0.4) is 0 Å². The minimum atomic E-state index is -0.188. The van der Waals surface area contributed by atoms with Gasteiger partial charge in [0.25, 0.3) is 11.5 Å². The van der Waals surface area contributed by atoms with Crippen LogP contribution in [0.5, 0.6) is 0 Å². The highest BCUT2D eigenvalue weighted by Gasteiger charge is 2.22. The maximum Gasteiger partial charge on any atom is 0.274 e. The van der Waals surface area contributed by atoms with Crippen LogP contribution in [0, 0.1) is 5.92 Å². The molecule has 0 bridgehead atoms. The number of nitrogens with zero attached hydrogens (tertiary/aromatic N) is 2. The first-order valence-corrected chi connectivity index (χ1v) is 10.4. The van der Waals surface area contributed by atoms with Gasteiger partial charge in [0.1, 0.15) is 5.52 Å². The van der Waals surface area contributed by atoms with E-state index in [4.69, 9.17) is 0 Å². The molecule has 1 fully saturated rings. The molecule has 0 radical (unpaired) electrons. The summed E-state index contributed by atoms with van der Waals surface area (Å²) in [6, 6.07) is 15.9. The zero-order valence-corrected chi connectivity index (χ0v) is 16.9. The monoisotopic (exact) mass is 397 g/mol. The fourth-order valence-corrected chi connectivity index (χ4v) is 4.45. The van der Waals surface area contributed by atoms with Gasteiger partial charge in [-0.2, -0.15) is 0 Å². The highest BCUT2D eigenvalue weighted by Crippen LogP contribution is 2.30. The fraction of sp³-hybridized carbons (Fsp3) is 0.240. The maximum atomic E-state index is 13.0. The molecule has 0 aliphatic carbocycles. The second-order valence-electron chi connectivity index (χ2n) is 8.21. The number of nitrogens with one attached hydrogen (secondary N) is 1. The van der Waals surface area contributed by atoms with Crippen molar-refractivity contribution in [3.05, 3.63) is 76.8 Å². The number of amides is 1. The third-order valence-electron chi connectivity index (χ3n) is 5.99. The first kappa shape index (κ1) is 18.6. The molecular formula is C25H23N3O2. The molecule has 1 amide bonds. The van der Waals surface area contributed by atoms with Crippen LogP contribution in [0.2, 0.25) is 0 Å². The van der Waals surface area contributed by atoms with Crippen molar-refractivity contribution in [1.82, 2.24) is 14.9 Å². The van der Waals surface area contributed by atoms with Crippen LogP contribution in [-0.4, -0.2) is 33.9 Å². The largest absolute Gasteiger partial charge is 0.338 e. The van der Waals surface area contributed by atoms with E-state index in [2.05, 4.69) is 16.9 Å². The van der Waals surface area contributed by atoms with Gasteiger partial charge in [-0.05, 0) is 59.4 Å². The molecule has 3 heterocycles. The number of carbonyl (C=O) groups excluding carboxylic acids is 1. The van der Waals surface area contributed by atoms with Crippen LogP contribution in [0.4, 0.5) is 0 Å². The van der Waals surface area contributed by atoms with Crippen molar-refractivity contribution >= 4 is 27.6 Å². The molecule has 4 aromatic rings. The van der Waals surface area contributed by atoms with E-state index in [1.54, 1.807) is 12.4 Å². The van der Waals surface area contributed by atoms with Crippen LogP contribution in [0.15, 0.2) is 65.7 Å². The average Bonchev–Trinajstić information content (AvgIpc) is 2.78. The van der Waals surface area contributed by atoms with Gasteiger partial charge in [-0.1, -0.05) is 31.2 Å². The lowest BCUT2D eigenvalue weighted by Gasteiger charge is -2.31. The van der Waals surface area contributed by atoms with E-state index in [-0.39, 0.29) is 11.5 Å². The highest BCUT2D eigenvalue weighted by atomic mass is 16.2. The molecule has 30 heavy (non-hydrogen) atoms. The maximum absolute atomic E-state index is 13.0. The van der Waals surface area contributed by atoms with Crippen molar-refractivity contribution < 1.29 is 4.79 Å². The molecule has 2 aromatic carbocycles. The first-order chi connectivity index (χ1) is 14.6. The lowest BCUT2D eigenvalue weighted by Crippen LogP contribution is -2.39. The summed E-state index contributed by atoms with van der Waals surface area (Å²) in [6.07, 6.45) is 5.64. The lowest BCUT2D eigenvalue weighted by molar-refractivity contribution is 0.0683. The predicted molar refractivity (Wildman–Crippen MR) is 120 cm³/mol. The minimum absolute atomic E-state index is 0.112. The van der Waals surface area contributed by atoms with E-state index in [1.165, 1.54) is 6.42 Å². The van der Waals surface area contributed by atoms with Gasteiger partial charge in [-0.25, -0.2) is 4.98 Å². The molecule has 5 nitrogen and oxygen atoms in total. The fourth-order valence-electron chi connectivity index (χ4n) is 4.45. The van der Waals surface area contributed by atoms with E-state index in [1.807, 2.05) is 53.4 Å². The van der Waals surface area contributed by atoms with Gasteiger partial charge in [0, 0.05) is 42.0 Å². The molecule has 150 valence electrons. The van der Waals surface area contributed by atoms with Crippen LogP contribution < -0.4 is 5.56 Å². The third-order valence-corrected chi connectivity index (χ3v) is 5.99. The molecule has 5 rings (SSSR count). The van der Waals surface area contributed by atoms with Crippen molar-refractivity contribution in [1.29, 1.82) is 0 Å². The molecule has 0 saturated carbocycles. The molecule has 1 aliphatic heterocycles. The number of likely N-dealkylation sites (tertiary alicyclic amines) is 1. The van der Waals surface area contributed by atoms with Crippen LogP contribution in [0.25, 0.3) is 32.8 Å². The molecular weight excluding hydrogens is 374 g/mol. The Kier molecular flexibility index (Phi) is 4.58. The Morgan fingerprint density at radius 3 is 2.90 bits per heavy atom. The second kappa shape index (κ2) is 7.41. The van der Waals surface area contributed by atoms with Crippen molar-refractivity contribution in [2.75, 3.05) is 13.1 Å². The summed E-state index contributed by atoms with van der Waals surface area (Å²) >= 11 is 0. The molecule has 0 spiro atoms. The molecule has 1 saturated heterocycles. The Hall–Kier alpha value is -3.47. The Bertz CT molecular complexity index is 1330. The molecule has 1 atom stereocenters. The van der Waals surface area contributed by atoms with Crippen LogP contribution in [0.1, 0.15) is 30.1 Å². The quantitative estimate of drug-likeness (QED) is 0.537. The summed E-state index contributed by atoms with van der Waals surface area (Å²) in [5.41, 5.74) is 2.96. The van der Waals surface area contributed by atoms with Crippen molar-refractivity contribution in [3.63, 3.8) is 0 Å². The summed E-state index contributed by atoms with van der Waals surface area (Å²) in [4.78, 5) is 33.9. The van der Waals surface area contributed by atoms with Gasteiger partial charge in [0.2, 0.25) is 0 Å². The zero-order chi connectivity index (χ0) is 20.7. The average molecular weight is 397 g/mol. The standard InChI is InChI=1S/C25H23N3O2/c1-16-4-3-11-28(15-16)25(30)19-7-8-22-17(12-19)5-2-6-21(22)20-13-18-9-10-26-24(29)23(18)27-14-20/h2,5-10,12-14,16H,3-4,11,15H2,1H3,(H,26,29)/t16-/m0/s1. The summed E-state index contributed by atoms with van der Waals surface area (Å²) in [5, 5.41) is 2.89. The molecule has 0 unspecified atom stereocenters. The van der Waals surface area contributed by atoms with Gasteiger partial charge in [0.05, 0.1) is 0 Å². The third kappa shape index (κ3) is 3.26. The second-order valence-corrected chi connectivity index (χ2v) is 8.21. The summed E-state index contributed by atoms with van der Waals surface area (Å²) in [5.74, 6) is 0.669. The number of pyridine rings is 2. The summed E-state index contributed by atoms with van der Waals surface area (Å²) < 4.78 is 0. The topological polar surface area (TPSA) is 66.1 Å². The minimum Gasteiger partial charge on any atom is -0.338 e. The number of aromatic nitrogens is 2.